The fraction of sp³-hybridized carbons (Fsp3) is 0.682. The van der Waals surface area contributed by atoms with Crippen molar-refractivity contribution in [1.82, 2.24) is 9.40 Å². The van der Waals surface area contributed by atoms with E-state index in [2.05, 4.69) is 16.9 Å². The van der Waals surface area contributed by atoms with Gasteiger partial charge < -0.3 is 4.57 Å². The molecule has 0 aliphatic carbocycles. The molecule has 2 aromatic rings. The summed E-state index contributed by atoms with van der Waals surface area (Å²) in [6.45, 7) is 2.25. The molecule has 0 spiro atoms. The maximum Gasteiger partial charge on any atom is 0.247 e. The lowest BCUT2D eigenvalue weighted by Crippen LogP contribution is -2.25. The van der Waals surface area contributed by atoms with Crippen LogP contribution in [0.25, 0.3) is 10.2 Å². The summed E-state index contributed by atoms with van der Waals surface area (Å²) >= 11 is 7.47. The van der Waals surface area contributed by atoms with Crippen LogP contribution in [0, 0.1) is 0 Å². The summed E-state index contributed by atoms with van der Waals surface area (Å²) in [4.78, 5) is 2.99. The van der Waals surface area contributed by atoms with Gasteiger partial charge in [-0.2, -0.15) is 0 Å². The number of aromatic nitrogens is 1. The Kier molecular flexibility index (Phi) is 11.2. The van der Waals surface area contributed by atoms with Gasteiger partial charge in [-0.3, -0.25) is 0 Å². The van der Waals surface area contributed by atoms with E-state index >= 15 is 0 Å². The smallest absolute Gasteiger partial charge is 0.247 e. The number of sulfonamides is 1. The molecule has 8 heteroatoms. The normalized spacial score (nSPS) is 12.7. The minimum atomic E-state index is -3.40. The molecule has 0 atom stereocenters. The molecule has 1 heterocycles. The van der Waals surface area contributed by atoms with Crippen LogP contribution in [0.2, 0.25) is 5.02 Å². The van der Waals surface area contributed by atoms with E-state index in [9.17, 15) is 8.42 Å². The number of benzene rings is 1. The first-order valence-corrected chi connectivity index (χ1v) is 14.1. The number of nitrogens with one attached hydrogen (secondary N) is 1. The third-order valence-electron chi connectivity index (χ3n) is 5.32. The number of unbranched alkanes of at least 4 members (excludes halogenated alkanes) is 11. The monoisotopic (exact) mass is 473 g/mol. The molecule has 0 fully saturated rings. The number of hydrogen-bond donors (Lipinski definition) is 1. The Morgan fingerprint density at radius 1 is 0.967 bits per heavy atom. The molecule has 0 amide bonds. The number of thiazole rings is 1. The molecule has 170 valence electrons. The van der Waals surface area contributed by atoms with Gasteiger partial charge in [0.25, 0.3) is 0 Å². The van der Waals surface area contributed by atoms with Crippen LogP contribution in [0.15, 0.2) is 23.3 Å². The average molecular weight is 474 g/mol. The van der Waals surface area contributed by atoms with Gasteiger partial charge in [-0.1, -0.05) is 100 Å². The summed E-state index contributed by atoms with van der Waals surface area (Å²) in [7, 11) is -1.55. The maximum absolute atomic E-state index is 12.2. The lowest BCUT2D eigenvalue weighted by atomic mass is 10.1. The van der Waals surface area contributed by atoms with Crippen LogP contribution in [0.4, 0.5) is 0 Å². The lowest BCUT2D eigenvalue weighted by Gasteiger charge is -2.04. The van der Waals surface area contributed by atoms with Crippen molar-refractivity contribution in [1.29, 1.82) is 0 Å². The lowest BCUT2D eigenvalue weighted by molar-refractivity contribution is 0.544. The molecule has 0 saturated carbocycles. The van der Waals surface area contributed by atoms with Gasteiger partial charge in [-0.25, -0.2) is 13.2 Å². The molecule has 2 rings (SSSR count). The van der Waals surface area contributed by atoms with E-state index in [4.69, 9.17) is 11.6 Å². The van der Waals surface area contributed by atoms with Crippen molar-refractivity contribution >= 4 is 43.2 Å². The van der Waals surface area contributed by atoms with Gasteiger partial charge >= 0.3 is 0 Å². The Bertz CT molecular complexity index is 935. The fourth-order valence-corrected chi connectivity index (χ4v) is 5.58. The molecule has 1 N–H and O–H groups in total. The highest BCUT2D eigenvalue weighted by atomic mass is 35.5. The summed E-state index contributed by atoms with van der Waals surface area (Å²) in [5.41, 5.74) is 0.936. The third kappa shape index (κ3) is 8.98. The molecule has 1 aromatic carbocycles. The van der Waals surface area contributed by atoms with Crippen molar-refractivity contribution in [3.05, 3.63) is 28.0 Å². The predicted octanol–water partition coefficient (Wildman–Crippen LogP) is 6.33. The van der Waals surface area contributed by atoms with Crippen LogP contribution in [0.3, 0.4) is 0 Å². The third-order valence-corrected chi connectivity index (χ3v) is 7.86. The zero-order valence-corrected chi connectivity index (χ0v) is 20.7. The van der Waals surface area contributed by atoms with Gasteiger partial charge in [0.2, 0.25) is 14.8 Å². The molecule has 0 saturated heterocycles. The zero-order valence-electron chi connectivity index (χ0n) is 18.3. The highest BCUT2D eigenvalue weighted by Crippen LogP contribution is 2.20. The standard InChI is InChI=1S/C22H36ClN3O2S2/c1-3-4-5-6-7-8-9-10-11-12-13-14-17-30(27,28)25-24-22-26(2)20-18-19(23)15-16-21(20)29-22/h15-16,18,25H,3-14,17H2,1-2H3. The number of hydrogen-bond acceptors (Lipinski definition) is 4. The van der Waals surface area contributed by atoms with E-state index in [0.717, 1.165) is 23.1 Å². The predicted molar refractivity (Wildman–Crippen MR) is 129 cm³/mol. The number of fused-ring (bicyclic) bond motifs is 1. The van der Waals surface area contributed by atoms with Gasteiger partial charge in [0.1, 0.15) is 0 Å². The van der Waals surface area contributed by atoms with E-state index in [-0.39, 0.29) is 5.75 Å². The number of rotatable bonds is 15. The largest absolute Gasteiger partial charge is 0.318 e. The molecule has 30 heavy (non-hydrogen) atoms. The van der Waals surface area contributed by atoms with Crippen molar-refractivity contribution < 1.29 is 8.42 Å². The van der Waals surface area contributed by atoms with Crippen molar-refractivity contribution in [2.24, 2.45) is 12.1 Å². The molecule has 0 unspecified atom stereocenters. The Labute approximate surface area is 190 Å². The van der Waals surface area contributed by atoms with Crippen LogP contribution in [0.5, 0.6) is 0 Å². The second-order valence-electron chi connectivity index (χ2n) is 7.97. The highest BCUT2D eigenvalue weighted by molar-refractivity contribution is 7.89. The highest BCUT2D eigenvalue weighted by Gasteiger charge is 2.09. The van der Waals surface area contributed by atoms with Crippen LogP contribution in [-0.2, 0) is 17.1 Å². The molecule has 0 aliphatic rings. The first-order chi connectivity index (χ1) is 14.4. The molecule has 0 radical (unpaired) electrons. The Morgan fingerprint density at radius 2 is 1.53 bits per heavy atom. The molecule has 0 aliphatic heterocycles. The van der Waals surface area contributed by atoms with Crippen LogP contribution < -0.4 is 9.63 Å². The Morgan fingerprint density at radius 3 is 2.13 bits per heavy atom. The average Bonchev–Trinajstić information content (AvgIpc) is 3.02. The first kappa shape index (κ1) is 25.2. The second kappa shape index (κ2) is 13.4. The number of nitrogens with zero attached hydrogens (tertiary/aromatic N) is 2. The summed E-state index contributed by atoms with van der Waals surface area (Å²) in [6, 6.07) is 5.59. The van der Waals surface area contributed by atoms with E-state index in [0.29, 0.717) is 16.2 Å². The quantitative estimate of drug-likeness (QED) is 0.242. The van der Waals surface area contributed by atoms with Gasteiger partial charge in [0, 0.05) is 12.1 Å². The van der Waals surface area contributed by atoms with Gasteiger partial charge in [0.15, 0.2) is 0 Å². The SMILES string of the molecule is CCCCCCCCCCCCCCS(=O)(=O)NN=c1sc2ccc(Cl)cc2n1C. The molecule has 0 bridgehead atoms. The molecule has 1 aromatic heterocycles. The van der Waals surface area contributed by atoms with Gasteiger partial charge in [0.05, 0.1) is 16.0 Å². The van der Waals surface area contributed by atoms with Crippen LogP contribution >= 0.6 is 22.9 Å². The van der Waals surface area contributed by atoms with Crippen LogP contribution in [-0.4, -0.2) is 18.7 Å². The zero-order chi connectivity index (χ0) is 21.8. The van der Waals surface area contributed by atoms with E-state index in [1.807, 2.05) is 29.8 Å². The topological polar surface area (TPSA) is 63.5 Å². The van der Waals surface area contributed by atoms with Crippen LogP contribution in [0.1, 0.15) is 84.0 Å². The number of halogens is 1. The molecule has 5 nitrogen and oxygen atoms in total. The van der Waals surface area contributed by atoms with Crippen molar-refractivity contribution in [3.8, 4) is 0 Å². The van der Waals surface area contributed by atoms with Crippen molar-refractivity contribution in [3.63, 3.8) is 0 Å². The maximum atomic E-state index is 12.2. The van der Waals surface area contributed by atoms with Gasteiger partial charge in [-0.15, -0.1) is 5.10 Å². The minimum absolute atomic E-state index is 0.119. The van der Waals surface area contributed by atoms with Crippen molar-refractivity contribution in [2.75, 3.05) is 5.75 Å². The van der Waals surface area contributed by atoms with E-state index in [1.165, 1.54) is 69.1 Å². The summed E-state index contributed by atoms with van der Waals surface area (Å²) in [5, 5.41) is 4.77. The Balaban J connectivity index is 1.63. The van der Waals surface area contributed by atoms with E-state index in [1.54, 1.807) is 0 Å². The minimum Gasteiger partial charge on any atom is -0.318 e. The summed E-state index contributed by atoms with van der Waals surface area (Å²) < 4.78 is 27.3. The summed E-state index contributed by atoms with van der Waals surface area (Å²) in [5.74, 6) is 0.119. The molecular weight excluding hydrogens is 438 g/mol. The fourth-order valence-electron chi connectivity index (χ4n) is 3.49. The second-order valence-corrected chi connectivity index (χ2v) is 11.2. The summed E-state index contributed by atoms with van der Waals surface area (Å²) in [6.07, 6.45) is 14.6. The molecular formula is C22H36ClN3O2S2. The Hall–Kier alpha value is -1.05. The van der Waals surface area contributed by atoms with E-state index < -0.39 is 10.0 Å². The number of aryl methyl sites for hydroxylation is 1. The first-order valence-electron chi connectivity index (χ1n) is 11.2. The van der Waals surface area contributed by atoms with Crippen molar-refractivity contribution in [2.45, 2.75) is 84.0 Å². The van der Waals surface area contributed by atoms with Gasteiger partial charge in [-0.05, 0) is 24.6 Å².